The van der Waals surface area contributed by atoms with Gasteiger partial charge >= 0.3 is 0 Å². The number of carbonyl (C=O) groups excluding carboxylic acids is 1. The highest BCUT2D eigenvalue weighted by atomic mass is 19.1. The molecule has 1 aliphatic heterocycles. The molecule has 0 saturated carbocycles. The molecule has 0 N–H and O–H groups in total. The number of rotatable bonds is 6. The maximum Gasteiger partial charge on any atom is 0.263 e. The first kappa shape index (κ1) is 24.7. The number of nitrogens with zero attached hydrogens (tertiary/aromatic N) is 6. The molecule has 1 saturated heterocycles. The molecule has 39 heavy (non-hydrogen) atoms. The lowest BCUT2D eigenvalue weighted by Gasteiger charge is -2.36. The molecular weight excluding hydrogens is 502 g/mol. The van der Waals surface area contributed by atoms with Crippen molar-refractivity contribution < 1.29 is 13.6 Å². The Labute approximate surface area is 222 Å². The number of aromatic nitrogens is 4. The van der Waals surface area contributed by atoms with Crippen molar-refractivity contribution in [3.05, 3.63) is 106 Å². The van der Waals surface area contributed by atoms with Gasteiger partial charge in [0.1, 0.15) is 17.5 Å². The monoisotopic (exact) mass is 528 g/mol. The highest BCUT2D eigenvalue weighted by molar-refractivity contribution is 5.81. The second kappa shape index (κ2) is 10.3. The van der Waals surface area contributed by atoms with E-state index in [1.165, 1.54) is 28.8 Å². The summed E-state index contributed by atoms with van der Waals surface area (Å²) >= 11 is 0. The minimum Gasteiger partial charge on any atom is -0.368 e. The molecular formula is C29H26F2N6O2. The number of aryl methyl sites for hydroxylation is 1. The zero-order valence-corrected chi connectivity index (χ0v) is 21.1. The van der Waals surface area contributed by atoms with Crippen LogP contribution in [0.5, 0.6) is 0 Å². The van der Waals surface area contributed by atoms with Crippen LogP contribution in [-0.2, 0) is 17.8 Å². The number of anilines is 1. The van der Waals surface area contributed by atoms with E-state index in [1.807, 2.05) is 21.4 Å². The van der Waals surface area contributed by atoms with Crippen molar-refractivity contribution >= 4 is 28.3 Å². The molecule has 0 aliphatic carbocycles. The normalized spacial score (nSPS) is 13.9. The molecule has 1 aliphatic rings. The number of hydrogen-bond acceptors (Lipinski definition) is 5. The van der Waals surface area contributed by atoms with E-state index >= 15 is 0 Å². The molecule has 1 amide bonds. The molecule has 5 aromatic rings. The van der Waals surface area contributed by atoms with Crippen LogP contribution in [0.25, 0.3) is 16.7 Å². The molecule has 1 fully saturated rings. The summed E-state index contributed by atoms with van der Waals surface area (Å²) in [4.78, 5) is 30.4. The summed E-state index contributed by atoms with van der Waals surface area (Å²) < 4.78 is 30.0. The summed E-state index contributed by atoms with van der Waals surface area (Å²) in [6.45, 7) is 2.72. The maximum absolute atomic E-state index is 13.4. The van der Waals surface area contributed by atoms with Gasteiger partial charge in [0, 0.05) is 44.7 Å². The molecule has 6 rings (SSSR count). The lowest BCUT2D eigenvalue weighted by molar-refractivity contribution is -0.131. The van der Waals surface area contributed by atoms with Crippen LogP contribution in [0.1, 0.15) is 17.8 Å². The van der Waals surface area contributed by atoms with Gasteiger partial charge < -0.3 is 9.80 Å². The minimum atomic E-state index is -0.346. The van der Waals surface area contributed by atoms with Gasteiger partial charge in [-0.15, -0.1) is 10.2 Å². The van der Waals surface area contributed by atoms with E-state index in [0.717, 1.165) is 11.3 Å². The molecule has 3 aromatic carbocycles. The van der Waals surface area contributed by atoms with Crippen molar-refractivity contribution in [1.82, 2.24) is 24.1 Å². The fourth-order valence-electron chi connectivity index (χ4n) is 5.13. The molecule has 0 bridgehead atoms. The molecule has 0 radical (unpaired) electrons. The Kier molecular flexibility index (Phi) is 6.52. The van der Waals surface area contributed by atoms with Gasteiger partial charge in [-0.1, -0.05) is 24.3 Å². The number of carbonyl (C=O) groups is 1. The number of halogens is 2. The molecule has 10 heteroatoms. The first-order chi connectivity index (χ1) is 19.0. The summed E-state index contributed by atoms with van der Waals surface area (Å²) in [5.41, 5.74) is 2.16. The predicted molar refractivity (Wildman–Crippen MR) is 144 cm³/mol. The van der Waals surface area contributed by atoms with E-state index in [4.69, 9.17) is 0 Å². The van der Waals surface area contributed by atoms with Gasteiger partial charge in [0.2, 0.25) is 11.7 Å². The third-order valence-electron chi connectivity index (χ3n) is 7.22. The van der Waals surface area contributed by atoms with Crippen molar-refractivity contribution in [2.24, 2.45) is 0 Å². The van der Waals surface area contributed by atoms with Crippen molar-refractivity contribution in [3.8, 4) is 0 Å². The lowest BCUT2D eigenvalue weighted by Crippen LogP contribution is -2.48. The quantitative estimate of drug-likeness (QED) is 0.336. The number of piperazine rings is 1. The van der Waals surface area contributed by atoms with Gasteiger partial charge in [-0.2, -0.15) is 0 Å². The summed E-state index contributed by atoms with van der Waals surface area (Å²) in [6.07, 6.45) is 0.611. The van der Waals surface area contributed by atoms with Gasteiger partial charge in [-0.3, -0.25) is 18.6 Å². The second-order valence-electron chi connectivity index (χ2n) is 9.63. The Bertz CT molecular complexity index is 1700. The number of fused-ring (bicyclic) bond motifs is 3. The molecule has 2 aromatic heterocycles. The Hall–Kier alpha value is -4.60. The van der Waals surface area contributed by atoms with E-state index < -0.39 is 0 Å². The molecule has 8 nitrogen and oxygen atoms in total. The van der Waals surface area contributed by atoms with Gasteiger partial charge in [-0.05, 0) is 54.1 Å². The number of amides is 1. The SMILES string of the molecule is O=C(CCc1nnc2n(Cc3ccc(F)cc3)c(=O)c3ccccc3n12)N1CCN(c2ccc(F)cc2)CC1. The van der Waals surface area contributed by atoms with Crippen LogP contribution in [0.3, 0.4) is 0 Å². The zero-order chi connectivity index (χ0) is 26.9. The second-order valence-corrected chi connectivity index (χ2v) is 9.63. The fourth-order valence-corrected chi connectivity index (χ4v) is 5.13. The van der Waals surface area contributed by atoms with Gasteiger partial charge in [0.15, 0.2) is 0 Å². The highest BCUT2D eigenvalue weighted by Gasteiger charge is 2.23. The third-order valence-corrected chi connectivity index (χ3v) is 7.22. The number of para-hydroxylation sites is 1. The van der Waals surface area contributed by atoms with Gasteiger partial charge in [0.25, 0.3) is 5.56 Å². The zero-order valence-electron chi connectivity index (χ0n) is 21.1. The van der Waals surface area contributed by atoms with Crippen LogP contribution >= 0.6 is 0 Å². The molecule has 0 unspecified atom stereocenters. The van der Waals surface area contributed by atoms with E-state index in [9.17, 15) is 18.4 Å². The first-order valence-electron chi connectivity index (χ1n) is 12.9. The van der Waals surface area contributed by atoms with Crippen LogP contribution in [0, 0.1) is 11.6 Å². The molecule has 0 spiro atoms. The molecule has 198 valence electrons. The Morgan fingerprint density at radius 2 is 1.49 bits per heavy atom. The molecule has 0 atom stereocenters. The Morgan fingerprint density at radius 3 is 2.21 bits per heavy atom. The topological polar surface area (TPSA) is 75.7 Å². The maximum atomic E-state index is 13.4. The third kappa shape index (κ3) is 4.85. The Balaban J connectivity index is 1.22. The summed E-state index contributed by atoms with van der Waals surface area (Å²) in [7, 11) is 0. The average molecular weight is 529 g/mol. The van der Waals surface area contributed by atoms with Crippen molar-refractivity contribution in [2.45, 2.75) is 19.4 Å². The van der Waals surface area contributed by atoms with Crippen LogP contribution in [0.2, 0.25) is 0 Å². The fraction of sp³-hybridized carbons (Fsp3) is 0.241. The highest BCUT2D eigenvalue weighted by Crippen LogP contribution is 2.19. The molecule has 3 heterocycles. The number of benzene rings is 3. The van der Waals surface area contributed by atoms with Gasteiger partial charge in [0.05, 0.1) is 17.4 Å². The smallest absolute Gasteiger partial charge is 0.263 e. The van der Waals surface area contributed by atoms with E-state index in [0.29, 0.717) is 55.1 Å². The standard InChI is InChI=1S/C29H26F2N6O2/c30-21-7-5-20(6-8-21)19-36-28(39)24-3-1-2-4-25(24)37-26(32-33-29(36)37)13-14-27(38)35-17-15-34(16-18-35)23-11-9-22(31)10-12-23/h1-12H,13-19H2. The Morgan fingerprint density at radius 1 is 0.821 bits per heavy atom. The first-order valence-corrected chi connectivity index (χ1v) is 12.9. The average Bonchev–Trinajstić information content (AvgIpc) is 3.39. The lowest BCUT2D eigenvalue weighted by atomic mass is 10.2. The largest absolute Gasteiger partial charge is 0.368 e. The van der Waals surface area contributed by atoms with Crippen LogP contribution in [-0.4, -0.2) is 56.2 Å². The van der Waals surface area contributed by atoms with Crippen LogP contribution < -0.4 is 10.5 Å². The number of hydrogen-bond donors (Lipinski definition) is 0. The minimum absolute atomic E-state index is 0.0226. The van der Waals surface area contributed by atoms with Crippen LogP contribution in [0.15, 0.2) is 77.6 Å². The van der Waals surface area contributed by atoms with E-state index in [2.05, 4.69) is 15.1 Å². The summed E-state index contributed by atoms with van der Waals surface area (Å²) in [5, 5.41) is 9.20. The van der Waals surface area contributed by atoms with Gasteiger partial charge in [-0.25, -0.2) is 8.78 Å². The van der Waals surface area contributed by atoms with E-state index in [-0.39, 0.29) is 36.1 Å². The van der Waals surface area contributed by atoms with Crippen molar-refractivity contribution in [2.75, 3.05) is 31.1 Å². The van der Waals surface area contributed by atoms with Crippen LogP contribution in [0.4, 0.5) is 14.5 Å². The predicted octanol–water partition coefficient (Wildman–Crippen LogP) is 3.65. The summed E-state index contributed by atoms with van der Waals surface area (Å²) in [6, 6.07) is 19.6. The van der Waals surface area contributed by atoms with Crippen molar-refractivity contribution in [3.63, 3.8) is 0 Å². The summed E-state index contributed by atoms with van der Waals surface area (Å²) in [5.74, 6) is 0.370. The van der Waals surface area contributed by atoms with Crippen molar-refractivity contribution in [1.29, 1.82) is 0 Å². The van der Waals surface area contributed by atoms with E-state index in [1.54, 1.807) is 36.4 Å².